The highest BCUT2D eigenvalue weighted by Gasteiger charge is 2.31. The second kappa shape index (κ2) is 16.6. The minimum absolute atomic E-state index is 0.565. The van der Waals surface area contributed by atoms with Gasteiger partial charge in [0.25, 0.3) is 0 Å². The maximum atomic E-state index is 14.5. The first kappa shape index (κ1) is 42.5. The van der Waals surface area contributed by atoms with Crippen molar-refractivity contribution in [1.82, 2.24) is 9.55 Å². The van der Waals surface area contributed by atoms with E-state index in [9.17, 15) is 13.2 Å². The van der Waals surface area contributed by atoms with Gasteiger partial charge in [0.05, 0.1) is 28.0 Å². The highest BCUT2D eigenvalue weighted by molar-refractivity contribution is 6.22. The van der Waals surface area contributed by atoms with Gasteiger partial charge in [-0.25, -0.2) is 0 Å². The Balaban J connectivity index is 0.904. The number of aromatic nitrogens is 2. The molecule has 0 spiro atoms. The molecule has 0 bridgehead atoms. The Labute approximate surface area is 418 Å². The van der Waals surface area contributed by atoms with Crippen LogP contribution in [0.5, 0.6) is 0 Å². The van der Waals surface area contributed by atoms with Crippen LogP contribution < -0.4 is 0 Å². The molecule has 2 nitrogen and oxygen atoms in total. The van der Waals surface area contributed by atoms with Crippen LogP contribution in [0.2, 0.25) is 0 Å². The maximum absolute atomic E-state index is 14.5. The normalized spacial score (nSPS) is 12.0. The van der Waals surface area contributed by atoms with E-state index < -0.39 is 11.7 Å². The number of halogens is 3. The summed E-state index contributed by atoms with van der Waals surface area (Å²) in [7, 11) is 0. The molecule has 0 atom stereocenters. The molecule has 0 N–H and O–H groups in total. The molecule has 5 heteroatoms. The van der Waals surface area contributed by atoms with Crippen molar-refractivity contribution >= 4 is 75.7 Å². The third kappa shape index (κ3) is 7.15. The molecule has 12 aromatic carbocycles. The van der Waals surface area contributed by atoms with Crippen molar-refractivity contribution < 1.29 is 13.2 Å². The van der Waals surface area contributed by atoms with Crippen molar-refractivity contribution in [1.29, 1.82) is 0 Å². The smallest absolute Gasteiger partial charge is 0.308 e. The van der Waals surface area contributed by atoms with Gasteiger partial charge in [0.1, 0.15) is 0 Å². The van der Waals surface area contributed by atoms with Crippen LogP contribution in [0.15, 0.2) is 249 Å². The van der Waals surface area contributed by atoms with E-state index in [0.29, 0.717) is 5.39 Å². The summed E-state index contributed by atoms with van der Waals surface area (Å²) in [5.41, 5.74) is 12.5. The Hall–Kier alpha value is -9.32. The Morgan fingerprint density at radius 3 is 1.60 bits per heavy atom. The van der Waals surface area contributed by atoms with Crippen molar-refractivity contribution in [3.05, 3.63) is 254 Å². The van der Waals surface area contributed by atoms with E-state index in [0.717, 1.165) is 121 Å². The van der Waals surface area contributed by atoms with Crippen molar-refractivity contribution in [3.8, 4) is 61.5 Å². The lowest BCUT2D eigenvalue weighted by Crippen LogP contribution is -2.04. The van der Waals surface area contributed by atoms with Crippen molar-refractivity contribution in [3.63, 3.8) is 0 Å². The maximum Gasteiger partial charge on any atom is 0.416 e. The molecular formula is C68H41F3N2. The van der Waals surface area contributed by atoms with E-state index in [1.54, 1.807) is 6.07 Å². The summed E-state index contributed by atoms with van der Waals surface area (Å²) in [5.74, 6) is 0. The minimum atomic E-state index is -4.50. The third-order valence-corrected chi connectivity index (χ3v) is 14.8. The average molecular weight is 943 g/mol. The molecule has 0 aliphatic heterocycles. The summed E-state index contributed by atoms with van der Waals surface area (Å²) in [4.78, 5) is 5.13. The van der Waals surface area contributed by atoms with Gasteiger partial charge in [-0.2, -0.15) is 13.2 Å². The molecule has 0 aliphatic carbocycles. The molecule has 0 fully saturated rings. The first-order valence-corrected chi connectivity index (χ1v) is 24.5. The molecule has 0 saturated heterocycles. The number of hydrogen-bond acceptors (Lipinski definition) is 1. The molecule has 73 heavy (non-hydrogen) atoms. The van der Waals surface area contributed by atoms with Crippen LogP contribution in [0, 0.1) is 0 Å². The molecule has 14 aromatic rings. The van der Waals surface area contributed by atoms with Crippen LogP contribution in [-0.4, -0.2) is 9.55 Å². The summed E-state index contributed by atoms with van der Waals surface area (Å²) in [6, 6.07) is 82.6. The Bertz CT molecular complexity index is 4540. The van der Waals surface area contributed by atoms with E-state index in [2.05, 4.69) is 174 Å². The van der Waals surface area contributed by atoms with Gasteiger partial charge in [0, 0.05) is 27.9 Å². The van der Waals surface area contributed by atoms with Gasteiger partial charge in [-0.3, -0.25) is 4.98 Å². The monoisotopic (exact) mass is 942 g/mol. The van der Waals surface area contributed by atoms with Gasteiger partial charge in [-0.15, -0.1) is 0 Å². The summed E-state index contributed by atoms with van der Waals surface area (Å²) < 4.78 is 45.9. The number of hydrogen-bond donors (Lipinski definition) is 0. The Morgan fingerprint density at radius 1 is 0.301 bits per heavy atom. The molecule has 0 radical (unpaired) electrons. The minimum Gasteiger partial charge on any atom is -0.308 e. The highest BCUT2D eigenvalue weighted by Crippen LogP contribution is 2.47. The molecule has 0 saturated carbocycles. The zero-order chi connectivity index (χ0) is 48.8. The van der Waals surface area contributed by atoms with E-state index in [1.165, 1.54) is 22.9 Å². The predicted octanol–water partition coefficient (Wildman–Crippen LogP) is 19.3. The molecule has 0 unspecified atom stereocenters. The van der Waals surface area contributed by atoms with Crippen LogP contribution in [0.25, 0.3) is 137 Å². The van der Waals surface area contributed by atoms with Gasteiger partial charge in [-0.05, 0) is 154 Å². The van der Waals surface area contributed by atoms with Crippen molar-refractivity contribution in [2.45, 2.75) is 6.18 Å². The second-order valence-electron chi connectivity index (χ2n) is 19.0. The largest absolute Gasteiger partial charge is 0.416 e. The van der Waals surface area contributed by atoms with Gasteiger partial charge in [-0.1, -0.05) is 182 Å². The quantitative estimate of drug-likeness (QED) is 0.152. The lowest BCUT2D eigenvalue weighted by atomic mass is 9.84. The van der Waals surface area contributed by atoms with Crippen LogP contribution in [0.3, 0.4) is 0 Å². The predicted molar refractivity (Wildman–Crippen MR) is 298 cm³/mol. The fourth-order valence-corrected chi connectivity index (χ4v) is 11.3. The summed E-state index contributed by atoms with van der Waals surface area (Å²) in [5, 5.41) is 11.9. The van der Waals surface area contributed by atoms with Crippen molar-refractivity contribution in [2.75, 3.05) is 0 Å². The molecule has 0 amide bonds. The topological polar surface area (TPSA) is 17.8 Å². The van der Waals surface area contributed by atoms with Gasteiger partial charge >= 0.3 is 6.18 Å². The lowest BCUT2D eigenvalue weighted by Gasteiger charge is -2.19. The van der Waals surface area contributed by atoms with E-state index in [4.69, 9.17) is 4.98 Å². The Morgan fingerprint density at radius 2 is 0.836 bits per heavy atom. The highest BCUT2D eigenvalue weighted by atomic mass is 19.4. The van der Waals surface area contributed by atoms with Crippen LogP contribution in [-0.2, 0) is 6.18 Å². The SMILES string of the molecule is FC(F)(F)c1ccc2c(-c3ccc4cc(-c5ccc6c(c5)c5cnc(-c7cccc(-c8ccccc8)c7)cc5n6-c5cccc6ccccc56)ccc4c3)c3ccccc3c(-c3ccc4ccccc4c3)c2c1. The first-order chi connectivity index (χ1) is 35.8. The van der Waals surface area contributed by atoms with Crippen LogP contribution >= 0.6 is 0 Å². The van der Waals surface area contributed by atoms with E-state index in [1.807, 2.05) is 60.8 Å². The fraction of sp³-hybridized carbons (Fsp3) is 0.0147. The standard InChI is InChI=1S/C68H41F3N2/c69-68(70,71)54-31-32-58-60(39-54)67(53-28-24-43-14-4-5-16-45(43)36-53)57-22-9-8-21-56(57)66(58)52-29-27-47-34-48(25-26-49(47)37-52)50-30-33-64-59(38-50)61-41-72-62(51-19-10-18-46(35-51)42-12-2-1-3-13-42)40-65(61)73(64)63-23-11-17-44-15-6-7-20-55(44)63/h1-41H. The molecule has 0 aliphatic rings. The number of pyridine rings is 1. The molecule has 14 rings (SSSR count). The summed E-state index contributed by atoms with van der Waals surface area (Å²) >= 11 is 0. The van der Waals surface area contributed by atoms with Gasteiger partial charge < -0.3 is 4.57 Å². The van der Waals surface area contributed by atoms with Crippen LogP contribution in [0.4, 0.5) is 13.2 Å². The van der Waals surface area contributed by atoms with E-state index >= 15 is 0 Å². The summed E-state index contributed by atoms with van der Waals surface area (Å²) in [6.07, 6.45) is -2.47. The average Bonchev–Trinajstić information content (AvgIpc) is 3.76. The van der Waals surface area contributed by atoms with Gasteiger partial charge in [0.2, 0.25) is 0 Å². The van der Waals surface area contributed by atoms with Crippen LogP contribution in [0.1, 0.15) is 5.56 Å². The molecule has 2 heterocycles. The number of rotatable bonds is 6. The molecule has 344 valence electrons. The first-order valence-electron chi connectivity index (χ1n) is 24.5. The lowest BCUT2D eigenvalue weighted by molar-refractivity contribution is -0.137. The number of benzene rings is 12. The third-order valence-electron chi connectivity index (χ3n) is 14.8. The zero-order valence-corrected chi connectivity index (χ0v) is 39.2. The molecule has 2 aromatic heterocycles. The summed E-state index contributed by atoms with van der Waals surface area (Å²) in [6.45, 7) is 0. The second-order valence-corrected chi connectivity index (χ2v) is 19.0. The van der Waals surface area contributed by atoms with E-state index in [-0.39, 0.29) is 0 Å². The van der Waals surface area contributed by atoms with Gasteiger partial charge in [0.15, 0.2) is 0 Å². The number of alkyl halides is 3. The fourth-order valence-electron chi connectivity index (χ4n) is 11.3. The number of nitrogens with zero attached hydrogens (tertiary/aromatic N) is 2. The zero-order valence-electron chi connectivity index (χ0n) is 39.2. The van der Waals surface area contributed by atoms with Crippen molar-refractivity contribution in [2.24, 2.45) is 0 Å². The molecular weight excluding hydrogens is 902 g/mol. The number of fused-ring (bicyclic) bond motifs is 8. The Kier molecular flexibility index (Phi) is 9.70.